The molecular formula is C44H69N3Na2O7. The minimum absolute atomic E-state index is 0. The number of H-pyrrole nitrogens is 1. The number of benzene rings is 2. The monoisotopic (exact) mass is 797 g/mol. The Morgan fingerprint density at radius 2 is 1.07 bits per heavy atom. The van der Waals surface area contributed by atoms with E-state index in [1.54, 1.807) is 18.3 Å². The van der Waals surface area contributed by atoms with Gasteiger partial charge in [0, 0.05) is 36.4 Å². The first-order valence-electron chi connectivity index (χ1n) is 20.5. The van der Waals surface area contributed by atoms with Gasteiger partial charge in [-0.05, 0) is 48.6 Å². The maximum absolute atomic E-state index is 13.4. The van der Waals surface area contributed by atoms with E-state index < -0.39 is 24.0 Å². The van der Waals surface area contributed by atoms with Crippen LogP contribution >= 0.6 is 0 Å². The predicted octanol–water partition coefficient (Wildman–Crippen LogP) is 8.41. The number of aromatic nitrogens is 1. The molecule has 304 valence electrons. The number of nitrogens with two attached hydrogens (primary N) is 1. The Morgan fingerprint density at radius 3 is 1.52 bits per heavy atom. The SMILES string of the molecule is CCCCCCCCCCCC(=O)N(C(=O)CCCCCCCCCCC)[C@@H](Cc1c[nH]c2ccccc12)C(=O)O.N[C@@H](Cc1ccc(O)cc1)C(=O)O.[NaH].[NaH]. The molecule has 2 aromatic carbocycles. The third-order valence-corrected chi connectivity index (χ3v) is 9.92. The summed E-state index contributed by atoms with van der Waals surface area (Å²) in [5, 5.41) is 28.6. The summed E-state index contributed by atoms with van der Waals surface area (Å²) in [4.78, 5) is 54.0. The number of hydrogen-bond donors (Lipinski definition) is 5. The second kappa shape index (κ2) is 32.7. The van der Waals surface area contributed by atoms with Gasteiger partial charge in [-0.2, -0.15) is 0 Å². The van der Waals surface area contributed by atoms with Crippen molar-refractivity contribution in [2.24, 2.45) is 5.73 Å². The fourth-order valence-electron chi connectivity index (χ4n) is 6.67. The van der Waals surface area contributed by atoms with Gasteiger partial charge in [-0.1, -0.05) is 147 Å². The van der Waals surface area contributed by atoms with Gasteiger partial charge in [-0.15, -0.1) is 0 Å². The van der Waals surface area contributed by atoms with E-state index in [-0.39, 0.29) is 102 Å². The van der Waals surface area contributed by atoms with E-state index in [1.165, 1.54) is 76.3 Å². The Hall–Kier alpha value is -2.18. The summed E-state index contributed by atoms with van der Waals surface area (Å²) in [5.74, 6) is -2.68. The number of aliphatic carboxylic acids is 2. The van der Waals surface area contributed by atoms with Gasteiger partial charge in [0.2, 0.25) is 11.8 Å². The van der Waals surface area contributed by atoms with Crippen LogP contribution in [0.4, 0.5) is 0 Å². The van der Waals surface area contributed by atoms with Crippen LogP contribution < -0.4 is 5.73 Å². The molecule has 0 aliphatic rings. The number of para-hydroxylation sites is 1. The Kier molecular flexibility index (Phi) is 31.5. The van der Waals surface area contributed by atoms with Crippen LogP contribution in [0.3, 0.4) is 0 Å². The number of hydrogen-bond acceptors (Lipinski definition) is 6. The summed E-state index contributed by atoms with van der Waals surface area (Å²) < 4.78 is 0. The number of aromatic hydroxyl groups is 1. The molecule has 10 nitrogen and oxygen atoms in total. The van der Waals surface area contributed by atoms with Crippen LogP contribution in [-0.4, -0.2) is 120 Å². The molecule has 0 aliphatic carbocycles. The first kappa shape index (κ1) is 53.8. The minimum atomic E-state index is -1.20. The number of nitrogens with one attached hydrogen (secondary N) is 1. The zero-order chi connectivity index (χ0) is 39.6. The Labute approximate surface area is 379 Å². The van der Waals surface area contributed by atoms with Crippen molar-refractivity contribution in [3.05, 3.63) is 65.9 Å². The Balaban J connectivity index is 0.00000171. The molecule has 6 N–H and O–H groups in total. The summed E-state index contributed by atoms with van der Waals surface area (Å²) in [6, 6.07) is 11.9. The Bertz CT molecular complexity index is 1480. The molecule has 3 aromatic rings. The van der Waals surface area contributed by atoms with E-state index in [2.05, 4.69) is 18.8 Å². The van der Waals surface area contributed by atoms with Crippen LogP contribution in [0.2, 0.25) is 0 Å². The van der Waals surface area contributed by atoms with Gasteiger partial charge in [0.15, 0.2) is 0 Å². The van der Waals surface area contributed by atoms with Gasteiger partial charge >= 0.3 is 71.1 Å². The summed E-state index contributed by atoms with van der Waals surface area (Å²) in [6.45, 7) is 4.44. The van der Waals surface area contributed by atoms with Crippen LogP contribution in [0.25, 0.3) is 10.9 Å². The normalized spacial score (nSPS) is 11.7. The fraction of sp³-hybridized carbons (Fsp3) is 0.591. The summed E-state index contributed by atoms with van der Waals surface area (Å²) in [5.41, 5.74) is 7.85. The first-order valence-corrected chi connectivity index (χ1v) is 20.5. The molecule has 12 heteroatoms. The van der Waals surface area contributed by atoms with Crippen LogP contribution in [0, 0.1) is 0 Å². The number of fused-ring (bicyclic) bond motifs is 1. The van der Waals surface area contributed by atoms with Crippen molar-refractivity contribution in [3.8, 4) is 5.75 Å². The van der Waals surface area contributed by atoms with Crippen LogP contribution in [0.5, 0.6) is 5.75 Å². The van der Waals surface area contributed by atoms with Crippen LogP contribution in [-0.2, 0) is 32.0 Å². The maximum atomic E-state index is 13.4. The van der Waals surface area contributed by atoms with Crippen molar-refractivity contribution in [2.75, 3.05) is 0 Å². The molecule has 0 fully saturated rings. The molecule has 0 unspecified atom stereocenters. The molecule has 2 amide bonds. The molecule has 0 saturated heterocycles. The standard InChI is InChI=1S/C35H56N2O4.C9H11NO3.2Na.2H/c1-3-5-7-9-11-13-15-17-19-25-33(38)37(34(39)26-20-18-16-14-12-10-8-6-4-2)32(35(40)41)27-29-28-36-31-24-22-21-23-30(29)31;10-8(9(12)13)5-6-1-3-7(11)4-2-6;;;;/h21-24,28,32,36H,3-20,25-27H2,1-2H3,(H,40,41);1-4,8,11H,5,10H2,(H,12,13);;;;/t32-;8-;;;;/m00..../s1. The van der Waals surface area contributed by atoms with Gasteiger partial charge in [0.1, 0.15) is 17.8 Å². The molecule has 1 heterocycles. The van der Waals surface area contributed by atoms with Gasteiger partial charge in [-0.3, -0.25) is 19.3 Å². The van der Waals surface area contributed by atoms with E-state index in [9.17, 15) is 24.3 Å². The van der Waals surface area contributed by atoms with Gasteiger partial charge in [0.05, 0.1) is 0 Å². The molecule has 3 rings (SSSR count). The van der Waals surface area contributed by atoms with Gasteiger partial charge in [-0.25, -0.2) is 4.79 Å². The van der Waals surface area contributed by atoms with E-state index in [0.717, 1.165) is 65.5 Å². The molecular weight excluding hydrogens is 728 g/mol. The fourth-order valence-corrected chi connectivity index (χ4v) is 6.67. The van der Waals surface area contributed by atoms with Crippen molar-refractivity contribution in [3.63, 3.8) is 0 Å². The molecule has 2 atom stereocenters. The number of rotatable bonds is 27. The first-order chi connectivity index (χ1) is 26.1. The molecule has 0 saturated carbocycles. The molecule has 0 radical (unpaired) electrons. The second-order valence-electron chi connectivity index (χ2n) is 14.5. The number of aromatic amines is 1. The van der Waals surface area contributed by atoms with E-state index in [1.807, 2.05) is 24.3 Å². The zero-order valence-corrected chi connectivity index (χ0v) is 32.9. The summed E-state index contributed by atoms with van der Waals surface area (Å²) in [6.07, 6.45) is 23.0. The molecule has 0 aliphatic heterocycles. The van der Waals surface area contributed by atoms with Gasteiger partial charge in [0.25, 0.3) is 0 Å². The van der Waals surface area contributed by atoms with Crippen molar-refractivity contribution < 1.29 is 34.5 Å². The number of carbonyl (C=O) groups excluding carboxylic acids is 2. The topological polar surface area (TPSA) is 174 Å². The number of carboxylic acids is 2. The van der Waals surface area contributed by atoms with Crippen molar-refractivity contribution in [1.29, 1.82) is 0 Å². The number of carbonyl (C=O) groups is 4. The van der Waals surface area contributed by atoms with E-state index in [0.29, 0.717) is 12.8 Å². The molecule has 0 spiro atoms. The second-order valence-corrected chi connectivity index (χ2v) is 14.5. The zero-order valence-electron chi connectivity index (χ0n) is 32.9. The third-order valence-electron chi connectivity index (χ3n) is 9.92. The number of amides is 2. The number of carboxylic acid groups (broad SMARTS) is 2. The number of phenolic OH excluding ortho intramolecular Hbond substituents is 1. The quantitative estimate of drug-likeness (QED) is 0.0378. The van der Waals surface area contributed by atoms with Crippen molar-refractivity contribution >= 4 is 93.8 Å². The summed E-state index contributed by atoms with van der Waals surface area (Å²) in [7, 11) is 0. The van der Waals surface area contributed by atoms with Gasteiger partial charge < -0.3 is 26.0 Å². The van der Waals surface area contributed by atoms with E-state index >= 15 is 0 Å². The van der Waals surface area contributed by atoms with E-state index in [4.69, 9.17) is 15.9 Å². The third kappa shape index (κ3) is 22.1. The Morgan fingerprint density at radius 1 is 0.625 bits per heavy atom. The number of imide groups is 1. The van der Waals surface area contributed by atoms with Crippen LogP contribution in [0.15, 0.2) is 54.7 Å². The van der Waals surface area contributed by atoms with Crippen molar-refractivity contribution in [1.82, 2.24) is 9.88 Å². The molecule has 56 heavy (non-hydrogen) atoms. The molecule has 0 bridgehead atoms. The number of nitrogens with zero attached hydrogens (tertiary/aromatic N) is 1. The molecule has 1 aromatic heterocycles. The number of phenols is 1. The predicted molar refractivity (Wildman–Crippen MR) is 231 cm³/mol. The van der Waals surface area contributed by atoms with Crippen LogP contribution in [0.1, 0.15) is 153 Å². The number of unbranched alkanes of at least 4 members (excludes halogenated alkanes) is 16. The van der Waals surface area contributed by atoms with Crippen molar-refractivity contribution in [2.45, 2.75) is 167 Å². The summed E-state index contributed by atoms with van der Waals surface area (Å²) >= 11 is 0. The average molecular weight is 798 g/mol. The average Bonchev–Trinajstić information content (AvgIpc) is 3.57.